The van der Waals surface area contributed by atoms with E-state index in [2.05, 4.69) is 41.9 Å². The predicted molar refractivity (Wildman–Crippen MR) is 71.3 cm³/mol. The molecule has 1 aromatic heterocycles. The fraction of sp³-hybridized carbons (Fsp3) is 0.500. The van der Waals surface area contributed by atoms with Crippen LogP contribution in [0.25, 0.3) is 0 Å². The number of sulfonamides is 1. The highest BCUT2D eigenvalue weighted by Gasteiger charge is 2.25. The first kappa shape index (κ1) is 13.0. The molecule has 0 aromatic carbocycles. The normalized spacial score (nSPS) is 21.5. The van der Waals surface area contributed by atoms with Crippen LogP contribution in [0.5, 0.6) is 0 Å². The van der Waals surface area contributed by atoms with E-state index < -0.39 is 10.0 Å². The Balaban J connectivity index is 2.21. The Morgan fingerprint density at radius 1 is 1.50 bits per heavy atom. The molecule has 0 saturated carbocycles. The summed E-state index contributed by atoms with van der Waals surface area (Å²) < 4.78 is 28.2. The number of nitrogens with one attached hydrogen (secondary N) is 2. The smallest absolute Gasteiger partial charge is 0.242 e. The van der Waals surface area contributed by atoms with Gasteiger partial charge >= 0.3 is 0 Å². The molecule has 0 spiro atoms. The van der Waals surface area contributed by atoms with Crippen molar-refractivity contribution < 1.29 is 8.42 Å². The maximum absolute atomic E-state index is 12.0. The first-order chi connectivity index (χ1) is 7.49. The fourth-order valence-electron chi connectivity index (χ4n) is 1.55. The van der Waals surface area contributed by atoms with Crippen LogP contribution in [0.3, 0.4) is 0 Å². The van der Waals surface area contributed by atoms with E-state index in [-0.39, 0.29) is 6.04 Å². The van der Waals surface area contributed by atoms with Gasteiger partial charge in [-0.05, 0) is 50.9 Å². The zero-order valence-electron chi connectivity index (χ0n) is 8.16. The second-order valence-electron chi connectivity index (χ2n) is 3.50. The van der Waals surface area contributed by atoms with Crippen LogP contribution in [0.4, 0.5) is 0 Å². The van der Waals surface area contributed by atoms with E-state index in [1.165, 1.54) is 11.3 Å². The SMILES string of the molecule is O=S(=O)(N[C@H]1CCNC1)c1cc(Br)sc1Br. The van der Waals surface area contributed by atoms with Gasteiger partial charge in [-0.15, -0.1) is 11.3 Å². The molecule has 0 amide bonds. The van der Waals surface area contributed by atoms with Gasteiger partial charge in [0.25, 0.3) is 0 Å². The molecule has 1 fully saturated rings. The summed E-state index contributed by atoms with van der Waals surface area (Å²) >= 11 is 7.88. The van der Waals surface area contributed by atoms with Crippen LogP contribution in [-0.4, -0.2) is 27.5 Å². The molecule has 0 radical (unpaired) electrons. The second kappa shape index (κ2) is 5.03. The van der Waals surface area contributed by atoms with E-state index in [0.29, 0.717) is 15.2 Å². The van der Waals surface area contributed by atoms with E-state index in [1.807, 2.05) is 0 Å². The van der Waals surface area contributed by atoms with E-state index in [9.17, 15) is 8.42 Å². The maximum atomic E-state index is 12.0. The Kier molecular flexibility index (Phi) is 4.08. The number of halogens is 2. The number of hydrogen-bond acceptors (Lipinski definition) is 4. The highest BCUT2D eigenvalue weighted by molar-refractivity contribution is 9.12. The van der Waals surface area contributed by atoms with Crippen LogP contribution < -0.4 is 10.0 Å². The van der Waals surface area contributed by atoms with Crippen LogP contribution >= 0.6 is 43.2 Å². The summed E-state index contributed by atoms with van der Waals surface area (Å²) in [5.41, 5.74) is 0. The Bertz CT molecular complexity index is 480. The summed E-state index contributed by atoms with van der Waals surface area (Å²) in [6.45, 7) is 1.56. The van der Waals surface area contributed by atoms with Crippen LogP contribution in [0.15, 0.2) is 18.5 Å². The molecule has 2 N–H and O–H groups in total. The minimum Gasteiger partial charge on any atom is -0.315 e. The van der Waals surface area contributed by atoms with Crippen molar-refractivity contribution in [1.82, 2.24) is 10.0 Å². The maximum Gasteiger partial charge on any atom is 0.242 e. The van der Waals surface area contributed by atoms with Crippen LogP contribution in [0.1, 0.15) is 6.42 Å². The molecule has 1 aliphatic heterocycles. The standard InChI is InChI=1S/C8H10Br2N2O2S2/c9-7-3-6(8(10)15-7)16(13,14)12-5-1-2-11-4-5/h3,5,11-12H,1-2,4H2/t5-/m0/s1. The average Bonchev–Trinajstić information content (AvgIpc) is 2.75. The minimum atomic E-state index is -3.41. The Hall–Kier alpha value is 0.530. The minimum absolute atomic E-state index is 0.00410. The predicted octanol–water partition coefficient (Wildman–Crippen LogP) is 1.91. The van der Waals surface area contributed by atoms with E-state index >= 15 is 0 Å². The molecule has 0 unspecified atom stereocenters. The molecule has 1 aliphatic rings. The summed E-state index contributed by atoms with van der Waals surface area (Å²) in [5, 5.41) is 3.12. The molecular formula is C8H10Br2N2O2S2. The van der Waals surface area contributed by atoms with E-state index in [0.717, 1.165) is 16.8 Å². The number of hydrogen-bond donors (Lipinski definition) is 2. The first-order valence-corrected chi connectivity index (χ1v) is 8.55. The molecular weight excluding hydrogens is 380 g/mol. The molecule has 0 bridgehead atoms. The van der Waals surface area contributed by atoms with Crippen molar-refractivity contribution in [1.29, 1.82) is 0 Å². The highest BCUT2D eigenvalue weighted by atomic mass is 79.9. The van der Waals surface area contributed by atoms with Gasteiger partial charge in [-0.2, -0.15) is 0 Å². The van der Waals surface area contributed by atoms with Crippen molar-refractivity contribution in [2.24, 2.45) is 0 Å². The number of rotatable bonds is 3. The molecule has 2 heterocycles. The fourth-order valence-corrected chi connectivity index (χ4v) is 6.63. The van der Waals surface area contributed by atoms with Gasteiger partial charge in [0.2, 0.25) is 10.0 Å². The van der Waals surface area contributed by atoms with Crippen LogP contribution in [0, 0.1) is 0 Å². The lowest BCUT2D eigenvalue weighted by molar-refractivity contribution is 0.560. The lowest BCUT2D eigenvalue weighted by Gasteiger charge is -2.11. The number of thiophene rings is 1. The molecule has 0 aliphatic carbocycles. The second-order valence-corrected chi connectivity index (χ2v) is 8.93. The van der Waals surface area contributed by atoms with Gasteiger partial charge in [-0.3, -0.25) is 0 Å². The Morgan fingerprint density at radius 2 is 2.25 bits per heavy atom. The lowest BCUT2D eigenvalue weighted by Crippen LogP contribution is -2.36. The quantitative estimate of drug-likeness (QED) is 0.830. The van der Waals surface area contributed by atoms with E-state index in [1.54, 1.807) is 6.07 Å². The molecule has 4 nitrogen and oxygen atoms in total. The van der Waals surface area contributed by atoms with Gasteiger partial charge in [-0.25, -0.2) is 13.1 Å². The van der Waals surface area contributed by atoms with Crippen LogP contribution in [-0.2, 0) is 10.0 Å². The zero-order chi connectivity index (χ0) is 11.8. The van der Waals surface area contributed by atoms with Gasteiger partial charge in [0.05, 0.1) is 7.57 Å². The highest BCUT2D eigenvalue weighted by Crippen LogP contribution is 2.34. The third kappa shape index (κ3) is 2.85. The Morgan fingerprint density at radius 3 is 2.75 bits per heavy atom. The van der Waals surface area contributed by atoms with Crippen molar-refractivity contribution in [2.45, 2.75) is 17.4 Å². The molecule has 8 heteroatoms. The van der Waals surface area contributed by atoms with Crippen molar-refractivity contribution in [2.75, 3.05) is 13.1 Å². The molecule has 1 atom stereocenters. The molecule has 1 aromatic rings. The van der Waals surface area contributed by atoms with Crippen LogP contribution in [0.2, 0.25) is 0 Å². The van der Waals surface area contributed by atoms with Crippen molar-refractivity contribution in [3.63, 3.8) is 0 Å². The van der Waals surface area contributed by atoms with Gasteiger partial charge in [-0.1, -0.05) is 0 Å². The van der Waals surface area contributed by atoms with E-state index in [4.69, 9.17) is 0 Å². The van der Waals surface area contributed by atoms with Gasteiger partial charge in [0.15, 0.2) is 0 Å². The van der Waals surface area contributed by atoms with Crippen molar-refractivity contribution >= 4 is 53.2 Å². The monoisotopic (exact) mass is 388 g/mol. The molecule has 1 saturated heterocycles. The third-order valence-electron chi connectivity index (χ3n) is 2.30. The largest absolute Gasteiger partial charge is 0.315 e. The average molecular weight is 390 g/mol. The lowest BCUT2D eigenvalue weighted by atomic mass is 10.3. The summed E-state index contributed by atoms with van der Waals surface area (Å²) in [5.74, 6) is 0. The van der Waals surface area contributed by atoms with Crippen molar-refractivity contribution in [3.8, 4) is 0 Å². The summed E-state index contributed by atoms with van der Waals surface area (Å²) in [7, 11) is -3.41. The molecule has 90 valence electrons. The molecule has 2 rings (SSSR count). The Labute approximate surface area is 115 Å². The van der Waals surface area contributed by atoms with Gasteiger partial charge < -0.3 is 5.32 Å². The van der Waals surface area contributed by atoms with Gasteiger partial charge in [0, 0.05) is 12.6 Å². The summed E-state index contributed by atoms with van der Waals surface area (Å²) in [4.78, 5) is 0.302. The topological polar surface area (TPSA) is 58.2 Å². The third-order valence-corrected chi connectivity index (χ3v) is 6.57. The van der Waals surface area contributed by atoms with Crippen molar-refractivity contribution in [3.05, 3.63) is 13.6 Å². The summed E-state index contributed by atoms with van der Waals surface area (Å²) in [6, 6.07) is 1.61. The molecule has 16 heavy (non-hydrogen) atoms. The van der Waals surface area contributed by atoms with Gasteiger partial charge in [0.1, 0.15) is 4.90 Å². The zero-order valence-corrected chi connectivity index (χ0v) is 13.0. The summed E-state index contributed by atoms with van der Waals surface area (Å²) in [6.07, 6.45) is 0.835. The first-order valence-electron chi connectivity index (χ1n) is 4.67.